The molecule has 0 saturated carbocycles. The van der Waals surface area contributed by atoms with Gasteiger partial charge in [0.2, 0.25) is 5.50 Å². The summed E-state index contributed by atoms with van der Waals surface area (Å²) in [7, 11) is -4.42. The number of nitrogens with zero attached hydrogens (tertiary/aromatic N) is 4. The van der Waals surface area contributed by atoms with E-state index in [1.165, 1.54) is 30.2 Å². The molecule has 0 fully saturated rings. The molecule has 19 heavy (non-hydrogen) atoms. The second-order valence-corrected chi connectivity index (χ2v) is 5.12. The van der Waals surface area contributed by atoms with Crippen LogP contribution in [0.2, 0.25) is 0 Å². The van der Waals surface area contributed by atoms with E-state index in [0.717, 1.165) is 0 Å². The van der Waals surface area contributed by atoms with Gasteiger partial charge in [-0.05, 0) is 13.0 Å². The molecule has 2 heterocycles. The average Bonchev–Trinajstić information content (AvgIpc) is 2.73. The number of hydrogen-bond acceptors (Lipinski definition) is 6. The Bertz CT molecular complexity index is 676. The lowest BCUT2D eigenvalue weighted by molar-refractivity contribution is 0.154. The van der Waals surface area contributed by atoms with Gasteiger partial charge in [-0.1, -0.05) is 0 Å². The predicted octanol–water partition coefficient (Wildman–Crippen LogP) is 0.422. The minimum atomic E-state index is -4.42. The highest BCUT2D eigenvalue weighted by Crippen LogP contribution is 2.45. The number of fused-ring (bicyclic) bond motifs is 1. The SMILES string of the molecule is C/C=C(\OCn1cnc2c(N)ncnc21)P(=O)(O)O. The Labute approximate surface area is 107 Å². The lowest BCUT2D eigenvalue weighted by Crippen LogP contribution is -2.03. The molecule has 0 atom stereocenters. The Kier molecular flexibility index (Phi) is 3.52. The largest absolute Gasteiger partial charge is 0.464 e. The van der Waals surface area contributed by atoms with Crippen LogP contribution in [0.5, 0.6) is 0 Å². The molecular weight excluding hydrogens is 273 g/mol. The fourth-order valence-corrected chi connectivity index (χ4v) is 2.03. The number of hydrogen-bond donors (Lipinski definition) is 3. The van der Waals surface area contributed by atoms with E-state index < -0.39 is 13.1 Å². The van der Waals surface area contributed by atoms with Crippen molar-refractivity contribution in [3.63, 3.8) is 0 Å². The lowest BCUT2D eigenvalue weighted by atomic mass is 10.5. The van der Waals surface area contributed by atoms with Crippen LogP contribution in [0.3, 0.4) is 0 Å². The van der Waals surface area contributed by atoms with Crippen LogP contribution in [0.25, 0.3) is 11.2 Å². The van der Waals surface area contributed by atoms with Crippen LogP contribution in [0, 0.1) is 0 Å². The minimum Gasteiger partial charge on any atom is -0.464 e. The quantitative estimate of drug-likeness (QED) is 0.543. The van der Waals surface area contributed by atoms with Gasteiger partial charge < -0.3 is 20.3 Å². The second kappa shape index (κ2) is 4.96. The lowest BCUT2D eigenvalue weighted by Gasteiger charge is -2.11. The molecule has 10 heteroatoms. The predicted molar refractivity (Wildman–Crippen MR) is 66.6 cm³/mol. The zero-order valence-corrected chi connectivity index (χ0v) is 10.9. The van der Waals surface area contributed by atoms with E-state index in [-0.39, 0.29) is 12.5 Å². The Morgan fingerprint density at radius 3 is 2.89 bits per heavy atom. The number of anilines is 1. The molecule has 0 aliphatic carbocycles. The van der Waals surface area contributed by atoms with Gasteiger partial charge >= 0.3 is 7.60 Å². The third-order valence-electron chi connectivity index (χ3n) is 2.32. The summed E-state index contributed by atoms with van der Waals surface area (Å²) in [5.41, 5.74) is 6.04. The van der Waals surface area contributed by atoms with Gasteiger partial charge in [0.15, 0.2) is 18.2 Å². The maximum Gasteiger partial charge on any atom is 0.390 e. The van der Waals surface area contributed by atoms with Crippen molar-refractivity contribution in [3.05, 3.63) is 24.2 Å². The molecule has 0 spiro atoms. The second-order valence-electron chi connectivity index (χ2n) is 3.59. The zero-order chi connectivity index (χ0) is 14.0. The molecule has 2 aromatic rings. The summed E-state index contributed by atoms with van der Waals surface area (Å²) in [4.78, 5) is 29.8. The Hall–Kier alpha value is -1.96. The van der Waals surface area contributed by atoms with Gasteiger partial charge in [0, 0.05) is 0 Å². The monoisotopic (exact) mass is 285 g/mol. The summed E-state index contributed by atoms with van der Waals surface area (Å²) < 4.78 is 17.6. The zero-order valence-electron chi connectivity index (χ0n) is 9.96. The topological polar surface area (TPSA) is 136 Å². The van der Waals surface area contributed by atoms with E-state index in [1.807, 2.05) is 0 Å². The van der Waals surface area contributed by atoms with Crippen LogP contribution in [0.4, 0.5) is 5.82 Å². The molecule has 0 saturated heterocycles. The van der Waals surface area contributed by atoms with E-state index in [0.29, 0.717) is 11.2 Å². The van der Waals surface area contributed by atoms with Crippen molar-refractivity contribution in [2.75, 3.05) is 5.73 Å². The normalized spacial score (nSPS) is 12.9. The van der Waals surface area contributed by atoms with E-state index >= 15 is 0 Å². The van der Waals surface area contributed by atoms with Gasteiger partial charge in [-0.15, -0.1) is 0 Å². The molecule has 0 aliphatic heterocycles. The molecule has 2 rings (SSSR count). The highest BCUT2D eigenvalue weighted by Gasteiger charge is 2.22. The number of nitrogen functional groups attached to an aromatic ring is 1. The van der Waals surface area contributed by atoms with Crippen molar-refractivity contribution >= 4 is 24.6 Å². The van der Waals surface area contributed by atoms with Crippen molar-refractivity contribution in [1.29, 1.82) is 0 Å². The van der Waals surface area contributed by atoms with Crippen molar-refractivity contribution in [3.8, 4) is 0 Å². The third-order valence-corrected chi connectivity index (χ3v) is 3.28. The summed E-state index contributed by atoms with van der Waals surface area (Å²) in [6, 6.07) is 0. The van der Waals surface area contributed by atoms with E-state index in [1.54, 1.807) is 0 Å². The Morgan fingerprint density at radius 1 is 1.53 bits per heavy atom. The first-order valence-corrected chi connectivity index (χ1v) is 6.81. The summed E-state index contributed by atoms with van der Waals surface area (Å²) in [5.74, 6) is 0.227. The molecule has 102 valence electrons. The van der Waals surface area contributed by atoms with Crippen molar-refractivity contribution in [2.45, 2.75) is 13.7 Å². The summed E-state index contributed by atoms with van der Waals surface area (Å²) in [6.45, 7) is 1.33. The van der Waals surface area contributed by atoms with Gasteiger partial charge in [-0.25, -0.2) is 15.0 Å². The average molecular weight is 285 g/mol. The number of imidazole rings is 1. The van der Waals surface area contributed by atoms with Gasteiger partial charge in [0.25, 0.3) is 0 Å². The summed E-state index contributed by atoms with van der Waals surface area (Å²) in [5, 5.41) is 0. The van der Waals surface area contributed by atoms with Gasteiger partial charge in [-0.3, -0.25) is 9.13 Å². The van der Waals surface area contributed by atoms with E-state index in [2.05, 4.69) is 15.0 Å². The first-order valence-electron chi connectivity index (χ1n) is 5.20. The molecule has 0 unspecified atom stereocenters. The van der Waals surface area contributed by atoms with Crippen LogP contribution in [-0.2, 0) is 16.0 Å². The number of aromatic nitrogens is 4. The summed E-state index contributed by atoms with van der Waals surface area (Å²) in [6.07, 6.45) is 3.89. The fourth-order valence-electron chi connectivity index (χ4n) is 1.46. The highest BCUT2D eigenvalue weighted by molar-refractivity contribution is 7.56. The van der Waals surface area contributed by atoms with Crippen molar-refractivity contribution in [1.82, 2.24) is 19.5 Å². The Morgan fingerprint density at radius 2 is 2.26 bits per heavy atom. The van der Waals surface area contributed by atoms with Crippen LogP contribution >= 0.6 is 7.60 Å². The first-order chi connectivity index (χ1) is 8.93. The van der Waals surface area contributed by atoms with E-state index in [9.17, 15) is 4.57 Å². The highest BCUT2D eigenvalue weighted by atomic mass is 31.2. The van der Waals surface area contributed by atoms with Crippen LogP contribution < -0.4 is 5.73 Å². The van der Waals surface area contributed by atoms with Gasteiger partial charge in [0.1, 0.15) is 11.8 Å². The maximum atomic E-state index is 11.1. The molecule has 4 N–H and O–H groups in total. The van der Waals surface area contributed by atoms with Crippen LogP contribution in [-0.4, -0.2) is 29.3 Å². The van der Waals surface area contributed by atoms with Crippen LogP contribution in [0.15, 0.2) is 24.2 Å². The van der Waals surface area contributed by atoms with Crippen LogP contribution in [0.1, 0.15) is 6.92 Å². The molecule has 0 radical (unpaired) electrons. The van der Waals surface area contributed by atoms with E-state index in [4.69, 9.17) is 20.3 Å². The number of ether oxygens (including phenoxy) is 1. The molecule has 0 aromatic carbocycles. The van der Waals surface area contributed by atoms with Crippen molar-refractivity contribution in [2.24, 2.45) is 0 Å². The number of nitrogens with two attached hydrogens (primary N) is 1. The molecule has 0 amide bonds. The molecule has 9 nitrogen and oxygen atoms in total. The van der Waals surface area contributed by atoms with Crippen molar-refractivity contribution < 1.29 is 19.1 Å². The maximum absolute atomic E-state index is 11.1. The molecule has 2 aromatic heterocycles. The standard InChI is InChI=1S/C9H12N5O4P/c1-2-6(19(15,16)17)18-5-14-4-13-7-8(10)11-3-12-9(7)14/h2-4H,5H2,1H3,(H2,10,11,12)(H2,15,16,17)/b6-2+. The number of rotatable bonds is 4. The molecule has 0 aliphatic rings. The fraction of sp³-hybridized carbons (Fsp3) is 0.222. The smallest absolute Gasteiger partial charge is 0.390 e. The molecule has 0 bridgehead atoms. The minimum absolute atomic E-state index is 0.141. The molecular formula is C9H12N5O4P. The van der Waals surface area contributed by atoms with Gasteiger partial charge in [0.05, 0.1) is 6.33 Å². The number of allylic oxidation sites excluding steroid dienone is 1. The first kappa shape index (κ1) is 13.5. The summed E-state index contributed by atoms with van der Waals surface area (Å²) >= 11 is 0. The third kappa shape index (κ3) is 2.73. The Balaban J connectivity index is 2.24. The van der Waals surface area contributed by atoms with Gasteiger partial charge in [-0.2, -0.15) is 0 Å².